The maximum absolute atomic E-state index is 11.9. The molecule has 18 heavy (non-hydrogen) atoms. The molecule has 0 aliphatic heterocycles. The minimum atomic E-state index is -0.176. The molecule has 0 fully saturated rings. The molecule has 94 valence electrons. The van der Waals surface area contributed by atoms with E-state index in [1.807, 2.05) is 48.1 Å². The van der Waals surface area contributed by atoms with Crippen LogP contribution in [-0.4, -0.2) is 10.5 Å². The Labute approximate surface area is 107 Å². The molecule has 2 rings (SSSR count). The van der Waals surface area contributed by atoms with Crippen LogP contribution >= 0.6 is 0 Å². The lowest BCUT2D eigenvalue weighted by Crippen LogP contribution is -2.30. The zero-order chi connectivity index (χ0) is 13.0. The van der Waals surface area contributed by atoms with Gasteiger partial charge in [0, 0.05) is 18.9 Å². The first-order chi connectivity index (χ1) is 8.66. The zero-order valence-electron chi connectivity index (χ0n) is 10.8. The van der Waals surface area contributed by atoms with Gasteiger partial charge in [-0.15, -0.1) is 0 Å². The summed E-state index contributed by atoms with van der Waals surface area (Å²) < 4.78 is 1.89. The number of nitrogens with zero attached hydrogens (tertiary/aromatic N) is 1. The van der Waals surface area contributed by atoms with Gasteiger partial charge in [0.2, 0.25) is 5.91 Å². The molecule has 3 nitrogen and oxygen atoms in total. The molecular weight excluding hydrogens is 224 g/mol. The predicted octanol–water partition coefficient (Wildman–Crippen LogP) is 2.67. The van der Waals surface area contributed by atoms with Crippen molar-refractivity contribution < 1.29 is 4.79 Å². The van der Waals surface area contributed by atoms with Crippen LogP contribution in [0.4, 0.5) is 0 Å². The van der Waals surface area contributed by atoms with Crippen LogP contribution in [0.15, 0.2) is 48.8 Å². The summed E-state index contributed by atoms with van der Waals surface area (Å²) in [6.07, 6.45) is 3.80. The van der Waals surface area contributed by atoms with Gasteiger partial charge in [0.1, 0.15) is 6.04 Å². The van der Waals surface area contributed by atoms with Gasteiger partial charge in [-0.1, -0.05) is 29.8 Å². The summed E-state index contributed by atoms with van der Waals surface area (Å²) in [5, 5.41) is 2.95. The van der Waals surface area contributed by atoms with E-state index >= 15 is 0 Å². The van der Waals surface area contributed by atoms with Crippen molar-refractivity contribution in [3.05, 3.63) is 59.9 Å². The fraction of sp³-hybridized carbons (Fsp3) is 0.267. The zero-order valence-corrected chi connectivity index (χ0v) is 10.8. The number of aryl methyl sites for hydroxylation is 1. The average Bonchev–Trinajstić information content (AvgIpc) is 2.90. The lowest BCUT2D eigenvalue weighted by Gasteiger charge is -2.14. The van der Waals surface area contributed by atoms with E-state index in [9.17, 15) is 4.79 Å². The molecule has 0 saturated carbocycles. The van der Waals surface area contributed by atoms with Crippen molar-refractivity contribution in [1.82, 2.24) is 9.88 Å². The number of carbonyl (C=O) groups excluding carboxylic acids is 1. The van der Waals surface area contributed by atoms with Crippen LogP contribution in [0.3, 0.4) is 0 Å². The molecule has 0 spiro atoms. The van der Waals surface area contributed by atoms with Gasteiger partial charge in [0.25, 0.3) is 0 Å². The topological polar surface area (TPSA) is 34.0 Å². The van der Waals surface area contributed by atoms with Crippen molar-refractivity contribution in [2.24, 2.45) is 0 Å². The standard InChI is InChI=1S/C15H18N2O/c1-12-5-7-14(8-6-12)11-16-15(18)13(2)17-9-3-4-10-17/h3-10,13H,11H2,1-2H3,(H,16,18). The number of rotatable bonds is 4. The Balaban J connectivity index is 1.90. The highest BCUT2D eigenvalue weighted by atomic mass is 16.2. The second-order valence-electron chi connectivity index (χ2n) is 4.51. The SMILES string of the molecule is Cc1ccc(CNC(=O)C(C)n2cccc2)cc1. The molecule has 1 unspecified atom stereocenters. The third-order valence-electron chi connectivity index (χ3n) is 3.04. The van der Waals surface area contributed by atoms with Crippen LogP contribution in [0.5, 0.6) is 0 Å². The number of amides is 1. The second kappa shape index (κ2) is 5.54. The van der Waals surface area contributed by atoms with Crippen LogP contribution in [-0.2, 0) is 11.3 Å². The van der Waals surface area contributed by atoms with Crippen LogP contribution in [0.25, 0.3) is 0 Å². The van der Waals surface area contributed by atoms with Crippen LogP contribution < -0.4 is 5.32 Å². The highest BCUT2D eigenvalue weighted by Crippen LogP contribution is 2.07. The molecule has 1 amide bonds. The lowest BCUT2D eigenvalue weighted by molar-refractivity contribution is -0.124. The largest absolute Gasteiger partial charge is 0.350 e. The average molecular weight is 242 g/mol. The van der Waals surface area contributed by atoms with Crippen LogP contribution in [0.2, 0.25) is 0 Å². The Kier molecular flexibility index (Phi) is 3.82. The maximum Gasteiger partial charge on any atom is 0.243 e. The van der Waals surface area contributed by atoms with E-state index < -0.39 is 0 Å². The smallest absolute Gasteiger partial charge is 0.243 e. The number of aromatic nitrogens is 1. The van der Waals surface area contributed by atoms with Gasteiger partial charge in [0.05, 0.1) is 0 Å². The van der Waals surface area contributed by atoms with E-state index in [0.717, 1.165) is 5.56 Å². The van der Waals surface area contributed by atoms with Crippen molar-refractivity contribution in [2.45, 2.75) is 26.4 Å². The fourth-order valence-corrected chi connectivity index (χ4v) is 1.78. The minimum Gasteiger partial charge on any atom is -0.350 e. The Morgan fingerprint density at radius 1 is 1.22 bits per heavy atom. The maximum atomic E-state index is 11.9. The molecule has 3 heteroatoms. The molecule has 0 aliphatic rings. The molecule has 2 aromatic rings. The molecule has 0 saturated heterocycles. The van der Waals surface area contributed by atoms with Gasteiger partial charge in [-0.2, -0.15) is 0 Å². The van der Waals surface area contributed by atoms with E-state index in [2.05, 4.69) is 24.4 Å². The van der Waals surface area contributed by atoms with Gasteiger partial charge in [-0.25, -0.2) is 0 Å². The van der Waals surface area contributed by atoms with Crippen molar-refractivity contribution in [3.63, 3.8) is 0 Å². The van der Waals surface area contributed by atoms with Crippen molar-refractivity contribution >= 4 is 5.91 Å². The monoisotopic (exact) mass is 242 g/mol. The summed E-state index contributed by atoms with van der Waals surface area (Å²) in [6, 6.07) is 11.8. The van der Waals surface area contributed by atoms with Crippen LogP contribution in [0.1, 0.15) is 24.1 Å². The molecule has 0 radical (unpaired) electrons. The highest BCUT2D eigenvalue weighted by molar-refractivity contribution is 5.79. The quantitative estimate of drug-likeness (QED) is 0.878. The number of hydrogen-bond donors (Lipinski definition) is 1. The van der Waals surface area contributed by atoms with Crippen LogP contribution in [0, 0.1) is 6.92 Å². The normalized spacial score (nSPS) is 12.1. The molecule has 1 N–H and O–H groups in total. The third kappa shape index (κ3) is 3.00. The fourth-order valence-electron chi connectivity index (χ4n) is 1.78. The number of carbonyl (C=O) groups is 1. The Bertz CT molecular complexity index is 500. The first kappa shape index (κ1) is 12.4. The third-order valence-corrected chi connectivity index (χ3v) is 3.04. The number of benzene rings is 1. The number of nitrogens with one attached hydrogen (secondary N) is 1. The first-order valence-electron chi connectivity index (χ1n) is 6.12. The second-order valence-corrected chi connectivity index (χ2v) is 4.51. The predicted molar refractivity (Wildman–Crippen MR) is 72.2 cm³/mol. The molecule has 1 aromatic carbocycles. The number of hydrogen-bond acceptors (Lipinski definition) is 1. The van der Waals surface area contributed by atoms with E-state index in [4.69, 9.17) is 0 Å². The summed E-state index contributed by atoms with van der Waals surface area (Å²) in [4.78, 5) is 11.9. The van der Waals surface area contributed by atoms with Gasteiger partial charge < -0.3 is 9.88 Å². The first-order valence-corrected chi connectivity index (χ1v) is 6.12. The molecule has 0 bridgehead atoms. The summed E-state index contributed by atoms with van der Waals surface area (Å²) in [6.45, 7) is 4.52. The molecular formula is C15H18N2O. The minimum absolute atomic E-state index is 0.0341. The van der Waals surface area contributed by atoms with Gasteiger partial charge >= 0.3 is 0 Å². The highest BCUT2D eigenvalue weighted by Gasteiger charge is 2.12. The van der Waals surface area contributed by atoms with E-state index in [1.54, 1.807) is 0 Å². The molecule has 1 aromatic heterocycles. The van der Waals surface area contributed by atoms with Gasteiger partial charge in [-0.3, -0.25) is 4.79 Å². The van der Waals surface area contributed by atoms with E-state index in [0.29, 0.717) is 6.54 Å². The van der Waals surface area contributed by atoms with Gasteiger partial charge in [-0.05, 0) is 31.5 Å². The summed E-state index contributed by atoms with van der Waals surface area (Å²) in [7, 11) is 0. The molecule has 1 atom stereocenters. The summed E-state index contributed by atoms with van der Waals surface area (Å²) in [5.74, 6) is 0.0341. The summed E-state index contributed by atoms with van der Waals surface area (Å²) >= 11 is 0. The Morgan fingerprint density at radius 2 is 1.83 bits per heavy atom. The molecule has 1 heterocycles. The van der Waals surface area contributed by atoms with E-state index in [-0.39, 0.29) is 11.9 Å². The lowest BCUT2D eigenvalue weighted by atomic mass is 10.1. The Morgan fingerprint density at radius 3 is 2.44 bits per heavy atom. The van der Waals surface area contributed by atoms with Crippen molar-refractivity contribution in [1.29, 1.82) is 0 Å². The molecule has 0 aliphatic carbocycles. The van der Waals surface area contributed by atoms with Crippen molar-refractivity contribution in [2.75, 3.05) is 0 Å². The van der Waals surface area contributed by atoms with Crippen molar-refractivity contribution in [3.8, 4) is 0 Å². The van der Waals surface area contributed by atoms with E-state index in [1.165, 1.54) is 5.56 Å². The van der Waals surface area contributed by atoms with Gasteiger partial charge in [0.15, 0.2) is 0 Å². The summed E-state index contributed by atoms with van der Waals surface area (Å²) in [5.41, 5.74) is 2.35. The Hall–Kier alpha value is -2.03.